The monoisotopic (exact) mass is 537 g/mol. The summed E-state index contributed by atoms with van der Waals surface area (Å²) in [5.41, 5.74) is 0.420. The Kier molecular flexibility index (Phi) is 8.24. The molecule has 0 saturated carbocycles. The third-order valence-electron chi connectivity index (χ3n) is 8.28. The van der Waals surface area contributed by atoms with Gasteiger partial charge in [-0.25, -0.2) is 4.79 Å². The first-order chi connectivity index (χ1) is 18.1. The van der Waals surface area contributed by atoms with Gasteiger partial charge >= 0.3 is 6.09 Å². The average Bonchev–Trinajstić information content (AvgIpc) is 3.38. The number of nitrogens with zero attached hydrogens (tertiary/aromatic N) is 4. The minimum atomic E-state index is -0.537. The number of piperidine rings is 1. The van der Waals surface area contributed by atoms with E-state index < -0.39 is 5.60 Å². The lowest BCUT2D eigenvalue weighted by Crippen LogP contribution is -2.56. The van der Waals surface area contributed by atoms with Crippen LogP contribution in [0.3, 0.4) is 0 Å². The summed E-state index contributed by atoms with van der Waals surface area (Å²) >= 11 is 0. The minimum Gasteiger partial charge on any atom is -0.444 e. The van der Waals surface area contributed by atoms with Crippen LogP contribution in [0, 0.1) is 0 Å². The lowest BCUT2D eigenvalue weighted by molar-refractivity contribution is 0.00138. The number of carbonyl (C=O) groups excluding carboxylic acids is 1. The number of benzene rings is 1. The third-order valence-corrected chi connectivity index (χ3v) is 8.28. The molecule has 0 aliphatic carbocycles. The first-order valence-electron chi connectivity index (χ1n) is 14.8. The molecule has 2 aliphatic rings. The van der Waals surface area contributed by atoms with Crippen LogP contribution in [-0.2, 0) is 10.2 Å². The van der Waals surface area contributed by atoms with Crippen molar-refractivity contribution in [3.8, 4) is 0 Å². The van der Waals surface area contributed by atoms with Crippen molar-refractivity contribution in [2.45, 2.75) is 148 Å². The summed E-state index contributed by atoms with van der Waals surface area (Å²) < 4.78 is 8.15. The summed E-state index contributed by atoms with van der Waals surface area (Å²) in [5, 5.41) is 12.6. The van der Waals surface area contributed by atoms with E-state index in [2.05, 4.69) is 80.5 Å². The van der Waals surface area contributed by atoms with Crippen molar-refractivity contribution in [2.24, 2.45) is 0 Å². The number of carbonyl (C=O) groups is 1. The van der Waals surface area contributed by atoms with Gasteiger partial charge in [0.25, 0.3) is 0 Å². The number of rotatable bonds is 7. The molecule has 2 aromatic rings. The van der Waals surface area contributed by atoms with Gasteiger partial charge in [0.1, 0.15) is 17.2 Å². The van der Waals surface area contributed by atoms with Gasteiger partial charge in [-0.15, -0.1) is 10.2 Å². The molecule has 2 aliphatic heterocycles. The van der Waals surface area contributed by atoms with Crippen molar-refractivity contribution in [1.29, 1.82) is 0 Å². The highest BCUT2D eigenvalue weighted by Gasteiger charge is 2.49. The van der Waals surface area contributed by atoms with Gasteiger partial charge in [-0.2, -0.15) is 0 Å². The van der Waals surface area contributed by atoms with Crippen LogP contribution in [-0.4, -0.2) is 49.0 Å². The van der Waals surface area contributed by atoms with E-state index >= 15 is 0 Å². The van der Waals surface area contributed by atoms with Gasteiger partial charge in [0.2, 0.25) is 0 Å². The molecule has 0 radical (unpaired) electrons. The zero-order chi connectivity index (χ0) is 28.8. The smallest absolute Gasteiger partial charge is 0.408 e. The van der Waals surface area contributed by atoms with Crippen molar-refractivity contribution >= 4 is 6.09 Å². The fraction of sp³-hybridized carbons (Fsp3) is 0.719. The van der Waals surface area contributed by atoms with Crippen molar-refractivity contribution < 1.29 is 9.53 Å². The summed E-state index contributed by atoms with van der Waals surface area (Å²) in [5.74, 6) is 2.56. The minimum absolute atomic E-state index is 0.0498. The second-order valence-corrected chi connectivity index (χ2v) is 14.7. The predicted octanol–water partition coefficient (Wildman–Crippen LogP) is 7.30. The number of nitrogens with one attached hydrogen (secondary N) is 1. The molecular weight excluding hydrogens is 486 g/mol. The van der Waals surface area contributed by atoms with E-state index in [-0.39, 0.29) is 23.1 Å². The van der Waals surface area contributed by atoms with Crippen molar-refractivity contribution in [1.82, 2.24) is 25.0 Å². The molecular formula is C32H51N5O2. The Labute approximate surface area is 236 Å². The molecule has 216 valence electrons. The average molecular weight is 538 g/mol. The second-order valence-electron chi connectivity index (χ2n) is 14.7. The lowest BCUT2D eigenvalue weighted by Gasteiger charge is -2.50. The zero-order valence-electron chi connectivity index (χ0n) is 25.9. The highest BCUT2D eigenvalue weighted by Crippen LogP contribution is 2.47. The van der Waals surface area contributed by atoms with Gasteiger partial charge in [-0.3, -0.25) is 4.90 Å². The lowest BCUT2D eigenvalue weighted by atomic mass is 9.84. The van der Waals surface area contributed by atoms with Crippen LogP contribution in [0.2, 0.25) is 0 Å². The van der Waals surface area contributed by atoms with Crippen LogP contribution in [0.15, 0.2) is 30.3 Å². The Morgan fingerprint density at radius 3 is 2.05 bits per heavy atom. The molecule has 2 bridgehead atoms. The third kappa shape index (κ3) is 6.67. The molecule has 1 aromatic heterocycles. The largest absolute Gasteiger partial charge is 0.444 e. The van der Waals surface area contributed by atoms with Crippen LogP contribution in [0.25, 0.3) is 0 Å². The molecule has 1 aromatic carbocycles. The highest BCUT2D eigenvalue weighted by atomic mass is 16.6. The topological polar surface area (TPSA) is 72.3 Å². The highest BCUT2D eigenvalue weighted by molar-refractivity contribution is 5.68. The van der Waals surface area contributed by atoms with Crippen LogP contribution in [0.1, 0.15) is 137 Å². The molecule has 7 heteroatoms. The molecule has 1 N–H and O–H groups in total. The molecule has 3 heterocycles. The molecule has 1 amide bonds. The maximum atomic E-state index is 12.9. The Morgan fingerprint density at radius 1 is 0.949 bits per heavy atom. The van der Waals surface area contributed by atoms with Crippen LogP contribution in [0.4, 0.5) is 4.79 Å². The Hall–Kier alpha value is -2.41. The van der Waals surface area contributed by atoms with Crippen molar-refractivity contribution in [2.75, 3.05) is 0 Å². The standard InChI is InChI=1S/C32H51N5O2/c1-21(2)27-34-35-28(30(3,4)5)36(27)25-18-23-16-17-24(19-25)37(23)32(9,10)20-26(22-14-12-11-13-15-22)33-29(38)39-31(6,7)8/h11-15,21,23-26H,16-20H2,1-10H3,(H,33,38)/t23?,24?,25?,26-/m0/s1. The van der Waals surface area contributed by atoms with Gasteiger partial charge in [0.05, 0.1) is 6.04 Å². The number of alkyl carbamates (subject to hydrolysis) is 1. The van der Waals surface area contributed by atoms with E-state index in [0.717, 1.165) is 36.5 Å². The molecule has 39 heavy (non-hydrogen) atoms. The number of aromatic nitrogens is 3. The molecule has 2 saturated heterocycles. The van der Waals surface area contributed by atoms with Crippen LogP contribution >= 0.6 is 0 Å². The molecule has 2 fully saturated rings. The molecule has 2 unspecified atom stereocenters. The first-order valence-corrected chi connectivity index (χ1v) is 14.8. The Balaban J connectivity index is 1.57. The van der Waals surface area contributed by atoms with Gasteiger partial charge in [-0.1, -0.05) is 65.0 Å². The number of hydrogen-bond donors (Lipinski definition) is 1. The number of fused-ring (bicyclic) bond motifs is 2. The maximum absolute atomic E-state index is 12.9. The summed E-state index contributed by atoms with van der Waals surface area (Å²) in [6.07, 6.45) is 5.09. The Bertz CT molecular complexity index is 1110. The molecule has 7 nitrogen and oxygen atoms in total. The van der Waals surface area contributed by atoms with E-state index in [9.17, 15) is 4.79 Å². The summed E-state index contributed by atoms with van der Waals surface area (Å²) in [6, 6.07) is 11.6. The molecule has 0 spiro atoms. The van der Waals surface area contributed by atoms with Crippen LogP contribution in [0.5, 0.6) is 0 Å². The van der Waals surface area contributed by atoms with Gasteiger partial charge in [0.15, 0.2) is 0 Å². The number of amides is 1. The van der Waals surface area contributed by atoms with E-state index in [1.54, 1.807) is 0 Å². The van der Waals surface area contributed by atoms with Crippen LogP contribution < -0.4 is 5.32 Å². The quantitative estimate of drug-likeness (QED) is 0.401. The first kappa shape index (κ1) is 29.6. The van der Waals surface area contributed by atoms with E-state index in [4.69, 9.17) is 9.84 Å². The van der Waals surface area contributed by atoms with Crippen molar-refractivity contribution in [3.05, 3.63) is 47.5 Å². The van der Waals surface area contributed by atoms with E-state index in [1.165, 1.54) is 12.8 Å². The Morgan fingerprint density at radius 2 is 1.54 bits per heavy atom. The number of hydrogen-bond acceptors (Lipinski definition) is 5. The summed E-state index contributed by atoms with van der Waals surface area (Å²) in [7, 11) is 0. The maximum Gasteiger partial charge on any atom is 0.408 e. The second kappa shape index (κ2) is 10.9. The summed E-state index contributed by atoms with van der Waals surface area (Å²) in [6.45, 7) is 21.6. The summed E-state index contributed by atoms with van der Waals surface area (Å²) in [4.78, 5) is 15.6. The normalized spacial score (nSPS) is 23.2. The number of ether oxygens (including phenoxy) is 1. The zero-order valence-corrected chi connectivity index (χ0v) is 25.9. The van der Waals surface area contributed by atoms with E-state index in [0.29, 0.717) is 24.0 Å². The predicted molar refractivity (Wildman–Crippen MR) is 157 cm³/mol. The van der Waals surface area contributed by atoms with Gasteiger partial charge in [-0.05, 0) is 72.3 Å². The molecule has 4 rings (SSSR count). The fourth-order valence-corrected chi connectivity index (χ4v) is 6.91. The van der Waals surface area contributed by atoms with Gasteiger partial charge < -0.3 is 14.6 Å². The fourth-order valence-electron chi connectivity index (χ4n) is 6.91. The van der Waals surface area contributed by atoms with Gasteiger partial charge in [0, 0.05) is 35.0 Å². The van der Waals surface area contributed by atoms with E-state index in [1.807, 2.05) is 39.0 Å². The van der Waals surface area contributed by atoms with Crippen molar-refractivity contribution in [3.63, 3.8) is 0 Å². The molecule has 3 atom stereocenters. The SMILES string of the molecule is CC(C)c1nnc(C(C)(C)C)n1C1CC2CCC(C1)N2C(C)(C)C[C@H](NC(=O)OC(C)(C)C)c1ccccc1.